The number of likely N-dealkylation sites (tertiary alicyclic amines) is 1. The fraction of sp³-hybridized carbons (Fsp3) is 0.682. The summed E-state index contributed by atoms with van der Waals surface area (Å²) in [6.45, 7) is 9.79. The van der Waals surface area contributed by atoms with E-state index in [0.717, 1.165) is 25.3 Å². The molecule has 1 unspecified atom stereocenters. The van der Waals surface area contributed by atoms with Gasteiger partial charge >= 0.3 is 5.97 Å². The zero-order valence-electron chi connectivity index (χ0n) is 17.4. The summed E-state index contributed by atoms with van der Waals surface area (Å²) in [4.78, 5) is 13.2. The van der Waals surface area contributed by atoms with Crippen molar-refractivity contribution < 1.29 is 14.6 Å². The molecule has 1 saturated heterocycles. The summed E-state index contributed by atoms with van der Waals surface area (Å²) >= 11 is 0. The van der Waals surface area contributed by atoms with Crippen LogP contribution in [-0.2, 0) is 4.79 Å². The van der Waals surface area contributed by atoms with Crippen LogP contribution in [-0.4, -0.2) is 42.2 Å². The van der Waals surface area contributed by atoms with Gasteiger partial charge in [0.1, 0.15) is 5.75 Å². The second-order valence-electron chi connectivity index (χ2n) is 6.13. The molecular formula is C22H39NO3. The predicted molar refractivity (Wildman–Crippen MR) is 110 cm³/mol. The van der Waals surface area contributed by atoms with Crippen LogP contribution >= 0.6 is 0 Å². The van der Waals surface area contributed by atoms with Crippen molar-refractivity contribution in [1.29, 1.82) is 0 Å². The minimum absolute atomic E-state index is 0.100. The maximum absolute atomic E-state index is 10.8. The van der Waals surface area contributed by atoms with Gasteiger partial charge in [0.25, 0.3) is 0 Å². The van der Waals surface area contributed by atoms with Gasteiger partial charge in [-0.05, 0) is 37.9 Å². The lowest BCUT2D eigenvalue weighted by Gasteiger charge is -2.30. The Morgan fingerprint density at radius 3 is 2.00 bits per heavy atom. The monoisotopic (exact) mass is 365 g/mol. The molecule has 0 bridgehead atoms. The molecule has 0 radical (unpaired) electrons. The normalized spacial score (nSPS) is 19.7. The van der Waals surface area contributed by atoms with Gasteiger partial charge < -0.3 is 9.84 Å². The van der Waals surface area contributed by atoms with E-state index in [-0.39, 0.29) is 5.92 Å². The van der Waals surface area contributed by atoms with Gasteiger partial charge in [0, 0.05) is 12.6 Å². The van der Waals surface area contributed by atoms with E-state index >= 15 is 0 Å². The zero-order chi connectivity index (χ0) is 19.8. The molecule has 2 aliphatic rings. The van der Waals surface area contributed by atoms with Gasteiger partial charge in [0.15, 0.2) is 0 Å². The third-order valence-electron chi connectivity index (χ3n) is 4.64. The number of carboxylic acid groups (broad SMARTS) is 1. The molecule has 1 aromatic rings. The molecule has 0 amide bonds. The van der Waals surface area contributed by atoms with Crippen LogP contribution in [0.2, 0.25) is 0 Å². The van der Waals surface area contributed by atoms with Crippen LogP contribution in [0.5, 0.6) is 5.75 Å². The van der Waals surface area contributed by atoms with Gasteiger partial charge in [0.2, 0.25) is 0 Å². The molecule has 1 aliphatic carbocycles. The SMILES string of the molecule is CC.CC.COc1ccccc1.O=C(O)C1CCN(C2CCCCC2)C1. The maximum Gasteiger partial charge on any atom is 0.307 e. The Morgan fingerprint density at radius 2 is 1.58 bits per heavy atom. The highest BCUT2D eigenvalue weighted by Gasteiger charge is 2.32. The molecule has 150 valence electrons. The van der Waals surface area contributed by atoms with E-state index < -0.39 is 5.97 Å². The van der Waals surface area contributed by atoms with E-state index in [9.17, 15) is 4.79 Å². The van der Waals surface area contributed by atoms with Crippen molar-refractivity contribution in [2.75, 3.05) is 20.2 Å². The van der Waals surface area contributed by atoms with Crippen molar-refractivity contribution in [2.24, 2.45) is 5.92 Å². The summed E-state index contributed by atoms with van der Waals surface area (Å²) in [5.74, 6) is 0.202. The van der Waals surface area contributed by atoms with E-state index in [1.165, 1.54) is 32.1 Å². The summed E-state index contributed by atoms with van der Waals surface area (Å²) < 4.78 is 4.91. The van der Waals surface area contributed by atoms with Crippen LogP contribution in [0.4, 0.5) is 0 Å². The summed E-state index contributed by atoms with van der Waals surface area (Å²) in [5.41, 5.74) is 0. The van der Waals surface area contributed by atoms with Crippen LogP contribution in [0.25, 0.3) is 0 Å². The molecule has 4 nitrogen and oxygen atoms in total. The number of methoxy groups -OCH3 is 1. The minimum atomic E-state index is -0.608. The molecule has 26 heavy (non-hydrogen) atoms. The molecule has 1 aromatic carbocycles. The number of aliphatic carboxylic acids is 1. The van der Waals surface area contributed by atoms with E-state index in [1.54, 1.807) is 7.11 Å². The summed E-state index contributed by atoms with van der Waals surface area (Å²) in [7, 11) is 1.66. The van der Waals surface area contributed by atoms with Crippen molar-refractivity contribution in [3.05, 3.63) is 30.3 Å². The van der Waals surface area contributed by atoms with Crippen LogP contribution in [0.1, 0.15) is 66.2 Å². The first-order valence-corrected chi connectivity index (χ1v) is 10.3. The van der Waals surface area contributed by atoms with E-state index in [4.69, 9.17) is 9.84 Å². The fourth-order valence-corrected chi connectivity index (χ4v) is 3.32. The number of benzene rings is 1. The average molecular weight is 366 g/mol. The summed E-state index contributed by atoms with van der Waals surface area (Å²) in [5, 5.41) is 8.90. The molecule has 0 aromatic heterocycles. The highest BCUT2D eigenvalue weighted by molar-refractivity contribution is 5.70. The highest BCUT2D eigenvalue weighted by atomic mass is 16.5. The summed E-state index contributed by atoms with van der Waals surface area (Å²) in [6, 6.07) is 10.4. The number of carbonyl (C=O) groups is 1. The molecule has 1 atom stereocenters. The Morgan fingerprint density at radius 1 is 1.00 bits per heavy atom. The number of nitrogens with zero attached hydrogens (tertiary/aromatic N) is 1. The van der Waals surface area contributed by atoms with Crippen LogP contribution < -0.4 is 4.74 Å². The average Bonchev–Trinajstić information content (AvgIpc) is 3.23. The predicted octanol–water partition coefficient (Wildman–Crippen LogP) is 5.47. The first-order valence-electron chi connectivity index (χ1n) is 10.3. The van der Waals surface area contributed by atoms with Crippen molar-refractivity contribution in [2.45, 2.75) is 72.3 Å². The Labute approximate surface area is 160 Å². The lowest BCUT2D eigenvalue weighted by atomic mass is 9.94. The Kier molecular flexibility index (Phi) is 14.8. The maximum atomic E-state index is 10.8. The molecule has 1 saturated carbocycles. The second-order valence-corrected chi connectivity index (χ2v) is 6.13. The van der Waals surface area contributed by atoms with E-state index in [0.29, 0.717) is 6.04 Å². The Hall–Kier alpha value is -1.55. The molecule has 0 spiro atoms. The number of carboxylic acids is 1. The van der Waals surface area contributed by atoms with E-state index in [2.05, 4.69) is 4.90 Å². The number of hydrogen-bond donors (Lipinski definition) is 1. The fourth-order valence-electron chi connectivity index (χ4n) is 3.32. The molecule has 1 heterocycles. The van der Waals surface area contributed by atoms with Crippen molar-refractivity contribution in [3.63, 3.8) is 0 Å². The second kappa shape index (κ2) is 15.7. The van der Waals surface area contributed by atoms with Crippen LogP contribution in [0.15, 0.2) is 30.3 Å². The van der Waals surface area contributed by atoms with Crippen LogP contribution in [0, 0.1) is 5.92 Å². The van der Waals surface area contributed by atoms with Gasteiger partial charge in [-0.1, -0.05) is 65.2 Å². The summed E-state index contributed by atoms with van der Waals surface area (Å²) in [6.07, 6.45) is 7.45. The molecule has 3 rings (SSSR count). The van der Waals surface area contributed by atoms with Crippen molar-refractivity contribution >= 4 is 5.97 Å². The van der Waals surface area contributed by atoms with Gasteiger partial charge in [0.05, 0.1) is 13.0 Å². The lowest BCUT2D eigenvalue weighted by Crippen LogP contribution is -2.35. The third kappa shape index (κ3) is 9.23. The number of rotatable bonds is 3. The van der Waals surface area contributed by atoms with E-state index in [1.807, 2.05) is 58.0 Å². The van der Waals surface area contributed by atoms with Gasteiger partial charge in [-0.15, -0.1) is 0 Å². The number of ether oxygens (including phenoxy) is 1. The number of para-hydroxylation sites is 1. The smallest absolute Gasteiger partial charge is 0.307 e. The molecule has 2 fully saturated rings. The minimum Gasteiger partial charge on any atom is -0.497 e. The number of hydrogen-bond acceptors (Lipinski definition) is 3. The van der Waals surface area contributed by atoms with Gasteiger partial charge in [-0.3, -0.25) is 9.69 Å². The zero-order valence-corrected chi connectivity index (χ0v) is 17.4. The largest absolute Gasteiger partial charge is 0.497 e. The van der Waals surface area contributed by atoms with Gasteiger partial charge in [-0.25, -0.2) is 0 Å². The Balaban J connectivity index is 0.000000444. The third-order valence-corrected chi connectivity index (χ3v) is 4.64. The first-order chi connectivity index (χ1) is 12.7. The van der Waals surface area contributed by atoms with Crippen molar-refractivity contribution in [3.8, 4) is 5.75 Å². The highest BCUT2D eigenvalue weighted by Crippen LogP contribution is 2.27. The quantitative estimate of drug-likeness (QED) is 0.771. The molecule has 1 N–H and O–H groups in total. The molecule has 1 aliphatic heterocycles. The van der Waals surface area contributed by atoms with Crippen molar-refractivity contribution in [1.82, 2.24) is 4.90 Å². The lowest BCUT2D eigenvalue weighted by molar-refractivity contribution is -0.141. The molecular weight excluding hydrogens is 326 g/mol. The van der Waals surface area contributed by atoms with Crippen LogP contribution in [0.3, 0.4) is 0 Å². The topological polar surface area (TPSA) is 49.8 Å². The Bertz CT molecular complexity index is 444. The molecule has 4 heteroatoms. The van der Waals surface area contributed by atoms with Gasteiger partial charge in [-0.2, -0.15) is 0 Å². The standard InChI is InChI=1S/C11H19NO2.C7H8O.2C2H6/c13-11(14)9-6-7-12(8-9)10-4-2-1-3-5-10;1-8-7-5-3-2-4-6-7;2*1-2/h9-10H,1-8H2,(H,13,14);2-6H,1H3;2*1-2H3. The first kappa shape index (κ1) is 24.5.